The fourth-order valence-corrected chi connectivity index (χ4v) is 4.60. The van der Waals surface area contributed by atoms with E-state index in [1.807, 2.05) is 4.90 Å². The summed E-state index contributed by atoms with van der Waals surface area (Å²) in [7, 11) is 0. The molecule has 2 fully saturated rings. The van der Waals surface area contributed by atoms with Gasteiger partial charge in [-0.05, 0) is 44.7 Å². The van der Waals surface area contributed by atoms with Crippen molar-refractivity contribution in [3.63, 3.8) is 0 Å². The van der Waals surface area contributed by atoms with Gasteiger partial charge in [0.2, 0.25) is 5.91 Å². The highest BCUT2D eigenvalue weighted by Crippen LogP contribution is 2.36. The molecule has 148 valence electrons. The number of anilines is 1. The summed E-state index contributed by atoms with van der Waals surface area (Å²) in [5, 5.41) is 3.58. The molecule has 1 unspecified atom stereocenters. The van der Waals surface area contributed by atoms with E-state index in [2.05, 4.69) is 46.5 Å². The van der Waals surface area contributed by atoms with E-state index >= 15 is 0 Å². The standard InChI is InChI=1S/C22H28N4O2/c1-16-6-8-18(9-7-16)25-22(10-2-3-11-22)21(28)26-12-4-5-17(14-26)19-13-20(27)24-15-23-19/h6-9,13,15,17,25H,2-5,10-12,14H2,1H3,(H,23,24,27). The molecule has 1 aliphatic carbocycles. The zero-order valence-corrected chi connectivity index (χ0v) is 16.4. The van der Waals surface area contributed by atoms with Crippen molar-refractivity contribution in [3.05, 3.63) is 58.3 Å². The number of nitrogens with zero attached hydrogens (tertiary/aromatic N) is 2. The first-order valence-corrected chi connectivity index (χ1v) is 10.2. The number of aromatic amines is 1. The van der Waals surface area contributed by atoms with E-state index in [-0.39, 0.29) is 17.4 Å². The highest BCUT2D eigenvalue weighted by atomic mass is 16.2. The lowest BCUT2D eigenvalue weighted by molar-refractivity contribution is -0.137. The number of nitrogens with one attached hydrogen (secondary N) is 2. The Bertz CT molecular complexity index is 884. The van der Waals surface area contributed by atoms with Gasteiger partial charge in [-0.1, -0.05) is 30.5 Å². The van der Waals surface area contributed by atoms with Gasteiger partial charge in [0.15, 0.2) is 0 Å². The molecule has 1 aliphatic heterocycles. The molecule has 2 heterocycles. The number of hydrogen-bond acceptors (Lipinski definition) is 4. The molecule has 0 spiro atoms. The van der Waals surface area contributed by atoms with Crippen molar-refractivity contribution in [1.82, 2.24) is 14.9 Å². The zero-order chi connectivity index (χ0) is 19.6. The number of carbonyl (C=O) groups is 1. The number of aromatic nitrogens is 2. The predicted octanol–water partition coefficient (Wildman–Crippen LogP) is 3.21. The number of rotatable bonds is 4. The second kappa shape index (κ2) is 7.78. The van der Waals surface area contributed by atoms with Gasteiger partial charge in [0, 0.05) is 30.8 Å². The van der Waals surface area contributed by atoms with Crippen LogP contribution in [-0.4, -0.2) is 39.4 Å². The molecular weight excluding hydrogens is 352 g/mol. The molecule has 1 saturated carbocycles. The third kappa shape index (κ3) is 3.81. The SMILES string of the molecule is Cc1ccc(NC2(C(=O)N3CCCC(c4cc(=O)[nH]cn4)C3)CCCC2)cc1. The van der Waals surface area contributed by atoms with Crippen molar-refractivity contribution < 1.29 is 4.79 Å². The van der Waals surface area contributed by atoms with E-state index in [0.717, 1.165) is 56.5 Å². The van der Waals surface area contributed by atoms with E-state index in [4.69, 9.17) is 0 Å². The number of benzene rings is 1. The summed E-state index contributed by atoms with van der Waals surface area (Å²) in [5.41, 5.74) is 2.35. The molecule has 1 aromatic heterocycles. The Morgan fingerprint density at radius 3 is 2.68 bits per heavy atom. The molecule has 1 aromatic carbocycles. The first-order chi connectivity index (χ1) is 13.6. The van der Waals surface area contributed by atoms with Crippen molar-refractivity contribution in [2.45, 2.75) is 56.9 Å². The van der Waals surface area contributed by atoms with Gasteiger partial charge in [0.05, 0.1) is 12.0 Å². The Morgan fingerprint density at radius 1 is 1.21 bits per heavy atom. The average molecular weight is 380 g/mol. The second-order valence-electron chi connectivity index (χ2n) is 8.21. The molecule has 1 saturated heterocycles. The van der Waals surface area contributed by atoms with Gasteiger partial charge in [0.1, 0.15) is 5.54 Å². The van der Waals surface area contributed by atoms with Gasteiger partial charge < -0.3 is 15.2 Å². The summed E-state index contributed by atoms with van der Waals surface area (Å²) >= 11 is 0. The first kappa shape index (κ1) is 18.7. The molecule has 1 amide bonds. The van der Waals surface area contributed by atoms with Gasteiger partial charge in [0.25, 0.3) is 5.56 Å². The zero-order valence-electron chi connectivity index (χ0n) is 16.4. The van der Waals surface area contributed by atoms with Crippen LogP contribution in [0.2, 0.25) is 0 Å². The molecule has 2 aliphatic rings. The number of hydrogen-bond donors (Lipinski definition) is 2. The Hall–Kier alpha value is -2.63. The number of likely N-dealkylation sites (tertiary alicyclic amines) is 1. The van der Waals surface area contributed by atoms with Crippen LogP contribution in [0.3, 0.4) is 0 Å². The Balaban J connectivity index is 1.53. The van der Waals surface area contributed by atoms with Gasteiger partial charge >= 0.3 is 0 Å². The highest BCUT2D eigenvalue weighted by Gasteiger charge is 2.44. The van der Waals surface area contributed by atoms with Gasteiger partial charge in [-0.25, -0.2) is 4.98 Å². The maximum Gasteiger partial charge on any atom is 0.250 e. The van der Waals surface area contributed by atoms with Crippen LogP contribution in [0.4, 0.5) is 5.69 Å². The predicted molar refractivity (Wildman–Crippen MR) is 109 cm³/mol. The van der Waals surface area contributed by atoms with Crippen LogP contribution in [0.5, 0.6) is 0 Å². The minimum absolute atomic E-state index is 0.123. The number of aryl methyl sites for hydroxylation is 1. The van der Waals surface area contributed by atoms with Crippen LogP contribution in [0.25, 0.3) is 0 Å². The Kier molecular flexibility index (Phi) is 5.20. The quantitative estimate of drug-likeness (QED) is 0.854. The lowest BCUT2D eigenvalue weighted by atomic mass is 9.90. The second-order valence-corrected chi connectivity index (χ2v) is 8.21. The molecule has 6 nitrogen and oxygen atoms in total. The summed E-state index contributed by atoms with van der Waals surface area (Å²) in [6.07, 6.45) is 7.21. The molecule has 2 N–H and O–H groups in total. The Morgan fingerprint density at radius 2 is 1.96 bits per heavy atom. The van der Waals surface area contributed by atoms with Crippen molar-refractivity contribution in [2.75, 3.05) is 18.4 Å². The van der Waals surface area contributed by atoms with Crippen molar-refractivity contribution >= 4 is 11.6 Å². The van der Waals surface area contributed by atoms with Crippen molar-refractivity contribution in [1.29, 1.82) is 0 Å². The topological polar surface area (TPSA) is 78.1 Å². The van der Waals surface area contributed by atoms with Crippen LogP contribution >= 0.6 is 0 Å². The third-order valence-electron chi connectivity index (χ3n) is 6.13. The van der Waals surface area contributed by atoms with Crippen LogP contribution in [0, 0.1) is 6.92 Å². The molecule has 28 heavy (non-hydrogen) atoms. The van der Waals surface area contributed by atoms with E-state index in [1.54, 1.807) is 6.07 Å². The van der Waals surface area contributed by atoms with Gasteiger partial charge in [-0.15, -0.1) is 0 Å². The summed E-state index contributed by atoms with van der Waals surface area (Å²) in [5.74, 6) is 0.318. The van der Waals surface area contributed by atoms with E-state index in [0.29, 0.717) is 6.54 Å². The fourth-order valence-electron chi connectivity index (χ4n) is 4.60. The van der Waals surface area contributed by atoms with Crippen molar-refractivity contribution in [3.8, 4) is 0 Å². The minimum atomic E-state index is -0.515. The molecule has 4 rings (SSSR count). The lowest BCUT2D eigenvalue weighted by Gasteiger charge is -2.39. The summed E-state index contributed by atoms with van der Waals surface area (Å²) in [4.78, 5) is 34.2. The van der Waals surface area contributed by atoms with Crippen LogP contribution in [0.15, 0.2) is 41.5 Å². The number of amides is 1. The highest BCUT2D eigenvalue weighted by molar-refractivity contribution is 5.90. The summed E-state index contributed by atoms with van der Waals surface area (Å²) < 4.78 is 0. The molecule has 0 radical (unpaired) electrons. The number of carbonyl (C=O) groups excluding carboxylic acids is 1. The normalized spacial score (nSPS) is 21.5. The third-order valence-corrected chi connectivity index (χ3v) is 6.13. The monoisotopic (exact) mass is 380 g/mol. The Labute approximate surface area is 165 Å². The smallest absolute Gasteiger partial charge is 0.250 e. The van der Waals surface area contributed by atoms with Gasteiger partial charge in [-0.2, -0.15) is 0 Å². The van der Waals surface area contributed by atoms with E-state index in [1.165, 1.54) is 11.9 Å². The van der Waals surface area contributed by atoms with E-state index < -0.39 is 5.54 Å². The van der Waals surface area contributed by atoms with Crippen LogP contribution in [0.1, 0.15) is 55.7 Å². The fraction of sp³-hybridized carbons (Fsp3) is 0.500. The molecular formula is C22H28N4O2. The molecule has 0 bridgehead atoms. The lowest BCUT2D eigenvalue weighted by Crippen LogP contribution is -2.54. The molecule has 2 aromatic rings. The molecule has 6 heteroatoms. The first-order valence-electron chi connectivity index (χ1n) is 10.2. The number of H-pyrrole nitrogens is 1. The van der Waals surface area contributed by atoms with Gasteiger partial charge in [-0.3, -0.25) is 9.59 Å². The summed E-state index contributed by atoms with van der Waals surface area (Å²) in [6, 6.07) is 9.83. The maximum absolute atomic E-state index is 13.6. The maximum atomic E-state index is 13.6. The largest absolute Gasteiger partial charge is 0.371 e. The van der Waals surface area contributed by atoms with E-state index in [9.17, 15) is 9.59 Å². The summed E-state index contributed by atoms with van der Waals surface area (Å²) in [6.45, 7) is 3.47. The minimum Gasteiger partial charge on any atom is -0.371 e. The average Bonchev–Trinajstić information content (AvgIpc) is 3.19. The van der Waals surface area contributed by atoms with Crippen molar-refractivity contribution in [2.24, 2.45) is 0 Å². The van der Waals surface area contributed by atoms with Crippen LogP contribution < -0.4 is 10.9 Å². The van der Waals surface area contributed by atoms with Crippen LogP contribution in [-0.2, 0) is 4.79 Å². The molecule has 1 atom stereocenters. The number of piperidine rings is 1.